The molecule has 0 unspecified atom stereocenters. The maximum atomic E-state index is 11.7. The Kier molecular flexibility index (Phi) is 5.55. The maximum absolute atomic E-state index is 11.7. The zero-order valence-electron chi connectivity index (χ0n) is 12.3. The molecular weight excluding hydrogens is 258 g/mol. The van der Waals surface area contributed by atoms with Crippen molar-refractivity contribution < 1.29 is 19.4 Å². The molecule has 110 valence electrons. The number of hydrogen-bond acceptors (Lipinski definition) is 3. The molecule has 0 aliphatic rings. The smallest absolute Gasteiger partial charge is 0.326 e. The van der Waals surface area contributed by atoms with Gasteiger partial charge in [-0.05, 0) is 37.0 Å². The highest BCUT2D eigenvalue weighted by Crippen LogP contribution is 2.18. The first-order chi connectivity index (χ1) is 9.31. The molecule has 1 amide bonds. The molecule has 0 spiro atoms. The van der Waals surface area contributed by atoms with Crippen LogP contribution in [0.3, 0.4) is 0 Å². The summed E-state index contributed by atoms with van der Waals surface area (Å²) in [6, 6.07) is 4.82. The van der Waals surface area contributed by atoms with Gasteiger partial charge in [0.15, 0.2) is 6.61 Å². The largest absolute Gasteiger partial charge is 0.483 e. The Morgan fingerprint density at radius 1 is 1.30 bits per heavy atom. The van der Waals surface area contributed by atoms with Crippen LogP contribution in [0.5, 0.6) is 5.75 Å². The quantitative estimate of drug-likeness (QED) is 0.834. The average molecular weight is 279 g/mol. The molecule has 0 radical (unpaired) electrons. The Balaban J connectivity index is 2.59. The highest BCUT2D eigenvalue weighted by molar-refractivity contribution is 5.84. The molecular formula is C15H21NO4. The van der Waals surface area contributed by atoms with E-state index in [1.165, 1.54) is 0 Å². The van der Waals surface area contributed by atoms with Crippen LogP contribution in [0.4, 0.5) is 0 Å². The van der Waals surface area contributed by atoms with Crippen molar-refractivity contribution in [3.05, 3.63) is 29.3 Å². The lowest BCUT2D eigenvalue weighted by Crippen LogP contribution is -2.46. The minimum Gasteiger partial charge on any atom is -0.483 e. The zero-order chi connectivity index (χ0) is 15.3. The lowest BCUT2D eigenvalue weighted by atomic mass is 10.1. The van der Waals surface area contributed by atoms with Gasteiger partial charge in [0.25, 0.3) is 5.91 Å². The first-order valence-electron chi connectivity index (χ1n) is 6.53. The number of rotatable bonds is 6. The molecule has 2 N–H and O–H groups in total. The second kappa shape index (κ2) is 6.93. The Morgan fingerprint density at radius 2 is 1.95 bits per heavy atom. The van der Waals surface area contributed by atoms with Crippen molar-refractivity contribution in [3.8, 4) is 5.75 Å². The van der Waals surface area contributed by atoms with Gasteiger partial charge in [-0.3, -0.25) is 4.79 Å². The highest BCUT2D eigenvalue weighted by atomic mass is 16.5. The van der Waals surface area contributed by atoms with Crippen LogP contribution in [0.2, 0.25) is 0 Å². The Hall–Kier alpha value is -2.04. The van der Waals surface area contributed by atoms with Crippen molar-refractivity contribution in [2.75, 3.05) is 6.61 Å². The fourth-order valence-electron chi connectivity index (χ4n) is 1.73. The number of carbonyl (C=O) groups is 2. The molecule has 1 aromatic carbocycles. The number of carboxylic acids is 1. The number of ether oxygens (including phenoxy) is 1. The molecule has 5 nitrogen and oxygen atoms in total. The predicted octanol–water partition coefficient (Wildman–Crippen LogP) is 1.91. The normalized spacial score (nSPS) is 12.1. The van der Waals surface area contributed by atoms with Gasteiger partial charge in [0.05, 0.1) is 0 Å². The number of hydrogen-bond donors (Lipinski definition) is 2. The number of aliphatic carboxylic acids is 1. The van der Waals surface area contributed by atoms with Gasteiger partial charge in [-0.2, -0.15) is 0 Å². The van der Waals surface area contributed by atoms with E-state index in [1.807, 2.05) is 32.0 Å². The van der Waals surface area contributed by atoms with E-state index in [0.717, 1.165) is 11.1 Å². The minimum absolute atomic E-state index is 0.183. The fourth-order valence-corrected chi connectivity index (χ4v) is 1.73. The zero-order valence-corrected chi connectivity index (χ0v) is 12.3. The summed E-state index contributed by atoms with van der Waals surface area (Å²) < 4.78 is 5.43. The molecule has 20 heavy (non-hydrogen) atoms. The number of carboxylic acid groups (broad SMARTS) is 1. The number of amides is 1. The molecule has 1 rings (SSSR count). The first kappa shape index (κ1) is 16.0. The summed E-state index contributed by atoms with van der Waals surface area (Å²) in [5.74, 6) is -1.03. The summed E-state index contributed by atoms with van der Waals surface area (Å²) in [5.41, 5.74) is 1.97. The van der Waals surface area contributed by atoms with E-state index in [0.29, 0.717) is 5.75 Å². The average Bonchev–Trinajstić information content (AvgIpc) is 2.36. The van der Waals surface area contributed by atoms with Gasteiger partial charge in [-0.25, -0.2) is 4.79 Å². The first-order valence-corrected chi connectivity index (χ1v) is 6.53. The number of benzene rings is 1. The second-order valence-electron chi connectivity index (χ2n) is 5.19. The Labute approximate surface area is 118 Å². The van der Waals surface area contributed by atoms with Crippen LogP contribution >= 0.6 is 0 Å². The van der Waals surface area contributed by atoms with Crippen LogP contribution < -0.4 is 10.1 Å². The Bertz CT molecular complexity index is 497. The molecule has 5 heteroatoms. The standard InChI is InChI=1S/C15H21NO4/c1-9(2)14(15(18)19)16-13(17)8-20-12-7-10(3)5-6-11(12)4/h5-7,9,14H,8H2,1-4H3,(H,16,17)(H,18,19)/t14-/m1/s1. The molecule has 0 aromatic heterocycles. The summed E-state index contributed by atoms with van der Waals surface area (Å²) >= 11 is 0. The molecule has 0 saturated heterocycles. The van der Waals surface area contributed by atoms with E-state index >= 15 is 0 Å². The van der Waals surface area contributed by atoms with Crippen molar-refractivity contribution >= 4 is 11.9 Å². The van der Waals surface area contributed by atoms with Gasteiger partial charge in [-0.15, -0.1) is 0 Å². The number of nitrogens with one attached hydrogen (secondary N) is 1. The van der Waals surface area contributed by atoms with E-state index in [1.54, 1.807) is 13.8 Å². The van der Waals surface area contributed by atoms with E-state index in [9.17, 15) is 9.59 Å². The van der Waals surface area contributed by atoms with Crippen LogP contribution in [0.15, 0.2) is 18.2 Å². The number of aryl methyl sites for hydroxylation is 2. The van der Waals surface area contributed by atoms with E-state index in [2.05, 4.69) is 5.32 Å². The van der Waals surface area contributed by atoms with Gasteiger partial charge in [0.2, 0.25) is 0 Å². The van der Waals surface area contributed by atoms with Crippen LogP contribution in [0, 0.1) is 19.8 Å². The van der Waals surface area contributed by atoms with Gasteiger partial charge in [-0.1, -0.05) is 26.0 Å². The summed E-state index contributed by atoms with van der Waals surface area (Å²) in [5, 5.41) is 11.5. The molecule has 0 bridgehead atoms. The summed E-state index contributed by atoms with van der Waals surface area (Å²) in [6.07, 6.45) is 0. The molecule has 0 heterocycles. The SMILES string of the molecule is Cc1ccc(C)c(OCC(=O)N[C@@H](C(=O)O)C(C)C)c1. The van der Waals surface area contributed by atoms with Crippen molar-refractivity contribution in [1.82, 2.24) is 5.32 Å². The van der Waals surface area contributed by atoms with Crippen molar-refractivity contribution in [1.29, 1.82) is 0 Å². The molecule has 1 atom stereocenters. The molecule has 1 aromatic rings. The lowest BCUT2D eigenvalue weighted by Gasteiger charge is -2.18. The van der Waals surface area contributed by atoms with Crippen LogP contribution in [0.25, 0.3) is 0 Å². The number of carbonyl (C=O) groups excluding carboxylic acids is 1. The summed E-state index contributed by atoms with van der Waals surface area (Å²) in [4.78, 5) is 22.7. The highest BCUT2D eigenvalue weighted by Gasteiger charge is 2.23. The van der Waals surface area contributed by atoms with Crippen LogP contribution in [-0.2, 0) is 9.59 Å². The van der Waals surface area contributed by atoms with Gasteiger partial charge in [0.1, 0.15) is 11.8 Å². The molecule has 0 fully saturated rings. The molecule has 0 aliphatic heterocycles. The fraction of sp³-hybridized carbons (Fsp3) is 0.467. The van der Waals surface area contributed by atoms with Crippen LogP contribution in [-0.4, -0.2) is 29.6 Å². The maximum Gasteiger partial charge on any atom is 0.326 e. The van der Waals surface area contributed by atoms with E-state index in [4.69, 9.17) is 9.84 Å². The third kappa shape index (κ3) is 4.57. The second-order valence-corrected chi connectivity index (χ2v) is 5.19. The Morgan fingerprint density at radius 3 is 2.50 bits per heavy atom. The van der Waals surface area contributed by atoms with Crippen molar-refractivity contribution in [3.63, 3.8) is 0 Å². The minimum atomic E-state index is -1.04. The third-order valence-corrected chi connectivity index (χ3v) is 2.95. The van der Waals surface area contributed by atoms with Crippen molar-refractivity contribution in [2.24, 2.45) is 5.92 Å². The summed E-state index contributed by atoms with van der Waals surface area (Å²) in [7, 11) is 0. The van der Waals surface area contributed by atoms with E-state index < -0.39 is 17.9 Å². The molecule has 0 aliphatic carbocycles. The van der Waals surface area contributed by atoms with E-state index in [-0.39, 0.29) is 12.5 Å². The predicted molar refractivity (Wildman–Crippen MR) is 75.8 cm³/mol. The topological polar surface area (TPSA) is 75.6 Å². The van der Waals surface area contributed by atoms with Gasteiger partial charge in [0, 0.05) is 0 Å². The third-order valence-electron chi connectivity index (χ3n) is 2.95. The van der Waals surface area contributed by atoms with Crippen molar-refractivity contribution in [2.45, 2.75) is 33.7 Å². The molecule has 0 saturated carbocycles. The lowest BCUT2D eigenvalue weighted by molar-refractivity contribution is -0.143. The summed E-state index contributed by atoms with van der Waals surface area (Å²) in [6.45, 7) is 7.11. The monoisotopic (exact) mass is 279 g/mol. The van der Waals surface area contributed by atoms with Gasteiger partial charge >= 0.3 is 5.97 Å². The van der Waals surface area contributed by atoms with Crippen LogP contribution in [0.1, 0.15) is 25.0 Å². The van der Waals surface area contributed by atoms with Gasteiger partial charge < -0.3 is 15.2 Å².